The number of rotatable bonds is 1. The average molecular weight is 284 g/mol. The fourth-order valence-corrected chi connectivity index (χ4v) is 3.84. The van der Waals surface area contributed by atoms with E-state index in [1.165, 1.54) is 0 Å². The van der Waals surface area contributed by atoms with Gasteiger partial charge in [-0.25, -0.2) is 0 Å². The Morgan fingerprint density at radius 2 is 0.900 bits per heavy atom. The maximum atomic E-state index is 13.4. The zero-order valence-corrected chi connectivity index (χ0v) is 15.9. The second-order valence-electron chi connectivity index (χ2n) is 10.2. The molecule has 0 saturated carbocycles. The molecule has 0 bridgehead atoms. The predicted molar refractivity (Wildman–Crippen MR) is 88.8 cm³/mol. The number of carbonyl (C=O) groups is 1. The lowest BCUT2D eigenvalue weighted by Crippen LogP contribution is -2.60. The molecular formula is C18H37NO. The van der Waals surface area contributed by atoms with Crippen LogP contribution in [0.25, 0.3) is 0 Å². The first-order chi connectivity index (χ1) is 8.40. The monoisotopic (exact) mass is 283 g/mol. The Morgan fingerprint density at radius 3 is 1.05 bits per heavy atom. The highest BCUT2D eigenvalue weighted by Crippen LogP contribution is 2.43. The van der Waals surface area contributed by atoms with Gasteiger partial charge in [-0.2, -0.15) is 0 Å². The number of amides is 1. The van der Waals surface area contributed by atoms with Gasteiger partial charge >= 0.3 is 0 Å². The summed E-state index contributed by atoms with van der Waals surface area (Å²) < 4.78 is 0. The fraction of sp³-hybridized carbons (Fsp3) is 0.944. The maximum absolute atomic E-state index is 13.4. The van der Waals surface area contributed by atoms with Crippen LogP contribution >= 0.6 is 0 Å². The van der Waals surface area contributed by atoms with Crippen molar-refractivity contribution in [2.75, 3.05) is 0 Å². The molecule has 0 saturated heterocycles. The minimum atomic E-state index is -0.177. The third-order valence-electron chi connectivity index (χ3n) is 3.54. The lowest BCUT2D eigenvalue weighted by Gasteiger charge is -2.51. The quantitative estimate of drug-likeness (QED) is 0.654. The van der Waals surface area contributed by atoms with Crippen LogP contribution in [-0.4, -0.2) is 21.9 Å². The molecule has 0 radical (unpaired) electrons. The molecule has 0 aromatic heterocycles. The smallest absolute Gasteiger partial charge is 0.227 e. The second kappa shape index (κ2) is 5.35. The number of carbonyl (C=O) groups excluding carboxylic acids is 1. The van der Waals surface area contributed by atoms with Crippen molar-refractivity contribution in [2.45, 2.75) is 94.2 Å². The first kappa shape index (κ1) is 19.5. The molecule has 0 unspecified atom stereocenters. The van der Waals surface area contributed by atoms with Crippen LogP contribution in [0.15, 0.2) is 0 Å². The van der Waals surface area contributed by atoms with Crippen molar-refractivity contribution in [2.24, 2.45) is 16.7 Å². The molecule has 0 atom stereocenters. The number of hydrogen-bond acceptors (Lipinski definition) is 1. The van der Waals surface area contributed by atoms with E-state index in [2.05, 4.69) is 88.0 Å². The maximum Gasteiger partial charge on any atom is 0.227 e. The van der Waals surface area contributed by atoms with Gasteiger partial charge in [0.15, 0.2) is 0 Å². The van der Waals surface area contributed by atoms with E-state index in [0.29, 0.717) is 0 Å². The van der Waals surface area contributed by atoms with Gasteiger partial charge in [0.05, 0.1) is 0 Å². The Kier molecular flexibility index (Phi) is 5.21. The van der Waals surface area contributed by atoms with E-state index in [0.717, 1.165) is 0 Å². The standard InChI is InChI=1S/C18H37NO/c1-15(2,3)13(16(4,5)6)14(20)19(17(7,8)9)18(10,11)12/h13H,1-12H3. The summed E-state index contributed by atoms with van der Waals surface area (Å²) in [5.74, 6) is 0.262. The predicted octanol–water partition coefficient (Wildman–Crippen LogP) is 5.12. The Bertz CT molecular complexity index is 280. The van der Waals surface area contributed by atoms with E-state index < -0.39 is 0 Å². The highest BCUT2D eigenvalue weighted by atomic mass is 16.2. The highest BCUT2D eigenvalue weighted by Gasteiger charge is 2.47. The summed E-state index contributed by atoms with van der Waals surface area (Å²) in [4.78, 5) is 15.4. The summed E-state index contributed by atoms with van der Waals surface area (Å²) >= 11 is 0. The van der Waals surface area contributed by atoms with Crippen molar-refractivity contribution in [3.63, 3.8) is 0 Å². The summed E-state index contributed by atoms with van der Waals surface area (Å²) in [6.07, 6.45) is 0. The minimum Gasteiger partial charge on any atom is -0.333 e. The molecule has 0 rings (SSSR count). The molecule has 0 aliphatic heterocycles. The third-order valence-corrected chi connectivity index (χ3v) is 3.54. The van der Waals surface area contributed by atoms with Gasteiger partial charge in [0.25, 0.3) is 0 Å². The zero-order chi connectivity index (χ0) is 16.7. The van der Waals surface area contributed by atoms with Gasteiger partial charge in [0, 0.05) is 17.0 Å². The summed E-state index contributed by atoms with van der Waals surface area (Å²) in [6.45, 7) is 25.8. The molecule has 120 valence electrons. The largest absolute Gasteiger partial charge is 0.333 e. The van der Waals surface area contributed by atoms with Gasteiger partial charge in [-0.05, 0) is 52.4 Å². The van der Waals surface area contributed by atoms with Crippen molar-refractivity contribution in [1.82, 2.24) is 4.90 Å². The molecular weight excluding hydrogens is 246 g/mol. The number of hydrogen-bond donors (Lipinski definition) is 0. The summed E-state index contributed by atoms with van der Waals surface area (Å²) in [6, 6.07) is 0. The van der Waals surface area contributed by atoms with Crippen LogP contribution in [0.4, 0.5) is 0 Å². The van der Waals surface area contributed by atoms with Crippen LogP contribution in [-0.2, 0) is 4.79 Å². The van der Waals surface area contributed by atoms with Crippen LogP contribution < -0.4 is 0 Å². The molecule has 0 spiro atoms. The van der Waals surface area contributed by atoms with Crippen LogP contribution in [0.2, 0.25) is 0 Å². The molecule has 2 nitrogen and oxygen atoms in total. The van der Waals surface area contributed by atoms with Crippen molar-refractivity contribution in [1.29, 1.82) is 0 Å². The van der Waals surface area contributed by atoms with Crippen molar-refractivity contribution in [3.8, 4) is 0 Å². The first-order valence-electron chi connectivity index (χ1n) is 7.74. The van der Waals surface area contributed by atoms with Crippen LogP contribution in [0.5, 0.6) is 0 Å². The summed E-state index contributed by atoms with van der Waals surface area (Å²) in [7, 11) is 0. The van der Waals surface area contributed by atoms with Crippen molar-refractivity contribution >= 4 is 5.91 Å². The van der Waals surface area contributed by atoms with E-state index in [1.807, 2.05) is 0 Å². The first-order valence-corrected chi connectivity index (χ1v) is 7.74. The van der Waals surface area contributed by atoms with Gasteiger partial charge in [0.1, 0.15) is 0 Å². The van der Waals surface area contributed by atoms with E-state index in [9.17, 15) is 4.79 Å². The molecule has 0 aromatic carbocycles. The molecule has 0 aliphatic rings. The highest BCUT2D eigenvalue weighted by molar-refractivity contribution is 5.81. The van der Waals surface area contributed by atoms with Gasteiger partial charge < -0.3 is 4.90 Å². The topological polar surface area (TPSA) is 20.3 Å². The van der Waals surface area contributed by atoms with Crippen molar-refractivity contribution < 1.29 is 4.79 Å². The Morgan fingerprint density at radius 1 is 0.650 bits per heavy atom. The molecule has 0 fully saturated rings. The number of nitrogens with zero attached hydrogens (tertiary/aromatic N) is 1. The molecule has 0 aliphatic carbocycles. The zero-order valence-electron chi connectivity index (χ0n) is 15.9. The SMILES string of the molecule is CC(C)(C)C(C(=O)N(C(C)(C)C)C(C)(C)C)C(C)(C)C. The Hall–Kier alpha value is -0.530. The van der Waals surface area contributed by atoms with E-state index in [4.69, 9.17) is 0 Å². The average Bonchev–Trinajstić information content (AvgIpc) is 1.88. The van der Waals surface area contributed by atoms with E-state index >= 15 is 0 Å². The van der Waals surface area contributed by atoms with Gasteiger partial charge in [-0.1, -0.05) is 41.5 Å². The van der Waals surface area contributed by atoms with Crippen LogP contribution in [0, 0.1) is 16.7 Å². The lowest BCUT2D eigenvalue weighted by atomic mass is 9.65. The third kappa shape index (κ3) is 4.79. The van der Waals surface area contributed by atoms with Crippen LogP contribution in [0.3, 0.4) is 0 Å². The van der Waals surface area contributed by atoms with E-state index in [-0.39, 0.29) is 33.7 Å². The molecule has 0 N–H and O–H groups in total. The van der Waals surface area contributed by atoms with Gasteiger partial charge in [0.2, 0.25) is 5.91 Å². The van der Waals surface area contributed by atoms with Crippen LogP contribution in [0.1, 0.15) is 83.1 Å². The molecule has 20 heavy (non-hydrogen) atoms. The van der Waals surface area contributed by atoms with Gasteiger partial charge in [-0.3, -0.25) is 4.79 Å². The Balaban J connectivity index is 5.89. The Labute approximate surface area is 127 Å². The molecule has 1 amide bonds. The molecule has 2 heteroatoms. The fourth-order valence-electron chi connectivity index (χ4n) is 3.84. The lowest BCUT2D eigenvalue weighted by molar-refractivity contribution is -0.156. The molecule has 0 aromatic rings. The van der Waals surface area contributed by atoms with Crippen molar-refractivity contribution in [3.05, 3.63) is 0 Å². The minimum absolute atomic E-state index is 0.00606. The normalized spacial score (nSPS) is 14.7. The summed E-state index contributed by atoms with van der Waals surface area (Å²) in [5, 5.41) is 0. The van der Waals surface area contributed by atoms with Gasteiger partial charge in [-0.15, -0.1) is 0 Å². The summed E-state index contributed by atoms with van der Waals surface area (Å²) in [5.41, 5.74) is -0.456. The van der Waals surface area contributed by atoms with E-state index in [1.54, 1.807) is 0 Å². The second-order valence-corrected chi connectivity index (χ2v) is 10.2. The molecule has 0 heterocycles.